The van der Waals surface area contributed by atoms with Crippen LogP contribution in [0.15, 0.2) is 47.9 Å². The molecule has 32 heavy (non-hydrogen) atoms. The van der Waals surface area contributed by atoms with Gasteiger partial charge < -0.3 is 15.0 Å². The maximum atomic E-state index is 15.6. The van der Waals surface area contributed by atoms with Crippen molar-refractivity contribution in [1.82, 2.24) is 19.9 Å². The Morgan fingerprint density at radius 2 is 1.88 bits per heavy atom. The second-order valence-corrected chi connectivity index (χ2v) is 9.37. The number of anilines is 1. The fourth-order valence-electron chi connectivity index (χ4n) is 3.88. The van der Waals surface area contributed by atoms with E-state index in [0.29, 0.717) is 28.1 Å². The number of hydrogen-bond donors (Lipinski definition) is 2. The summed E-state index contributed by atoms with van der Waals surface area (Å²) in [4.78, 5) is 15.0. The van der Waals surface area contributed by atoms with Crippen molar-refractivity contribution in [2.45, 2.75) is 24.8 Å². The molecule has 0 aliphatic rings. The number of nitrogens with one attached hydrogen (secondary N) is 2. The van der Waals surface area contributed by atoms with E-state index in [1.165, 1.54) is 19.8 Å². The molecule has 0 radical (unpaired) electrons. The molecule has 1 unspecified atom stereocenters. The Balaban J connectivity index is 1.99. The first-order chi connectivity index (χ1) is 15.2. The van der Waals surface area contributed by atoms with Crippen LogP contribution in [0, 0.1) is 12.7 Å². The van der Waals surface area contributed by atoms with E-state index >= 15 is 4.39 Å². The first-order valence-corrected chi connectivity index (χ1v) is 11.7. The largest absolute Gasteiger partial charge is 0.496 e. The van der Waals surface area contributed by atoms with Crippen molar-refractivity contribution in [1.29, 1.82) is 0 Å². The van der Waals surface area contributed by atoms with Crippen LogP contribution < -0.4 is 10.1 Å². The minimum Gasteiger partial charge on any atom is -0.496 e. The van der Waals surface area contributed by atoms with Crippen LogP contribution in [0.3, 0.4) is 0 Å². The summed E-state index contributed by atoms with van der Waals surface area (Å²) in [5, 5.41) is 3.17. The van der Waals surface area contributed by atoms with E-state index in [4.69, 9.17) is 4.74 Å². The van der Waals surface area contributed by atoms with Gasteiger partial charge in [-0.15, -0.1) is 0 Å². The van der Waals surface area contributed by atoms with Gasteiger partial charge >= 0.3 is 0 Å². The minimum atomic E-state index is -3.94. The smallest absolute Gasteiger partial charge is 0.182 e. The second-order valence-electron chi connectivity index (χ2n) is 7.42. The molecule has 4 rings (SSSR count). The molecule has 2 heterocycles. The highest BCUT2D eigenvalue weighted by molar-refractivity contribution is 7.90. The highest BCUT2D eigenvalue weighted by atomic mass is 32.2. The number of imidazole rings is 1. The van der Waals surface area contributed by atoms with Crippen LogP contribution in [0.2, 0.25) is 0 Å². The van der Waals surface area contributed by atoms with Crippen LogP contribution in [0.25, 0.3) is 22.3 Å². The van der Waals surface area contributed by atoms with Crippen molar-refractivity contribution >= 4 is 26.8 Å². The molecule has 2 N–H and O–H groups in total. The van der Waals surface area contributed by atoms with Crippen molar-refractivity contribution in [2.75, 3.05) is 18.7 Å². The van der Waals surface area contributed by atoms with Crippen molar-refractivity contribution in [3.05, 3.63) is 59.9 Å². The number of halogens is 1. The normalized spacial score (nSPS) is 12.7. The molecule has 0 saturated carbocycles. The van der Waals surface area contributed by atoms with Gasteiger partial charge in [0.2, 0.25) is 0 Å². The van der Waals surface area contributed by atoms with Crippen LogP contribution in [0.4, 0.5) is 10.2 Å². The Bertz CT molecular complexity index is 1400. The van der Waals surface area contributed by atoms with E-state index in [1.807, 2.05) is 30.3 Å². The van der Waals surface area contributed by atoms with E-state index in [2.05, 4.69) is 25.3 Å². The van der Waals surface area contributed by atoms with Crippen LogP contribution in [0.1, 0.15) is 24.1 Å². The third-order valence-electron chi connectivity index (χ3n) is 5.27. The quantitative estimate of drug-likeness (QED) is 0.451. The number of aromatic amines is 1. The zero-order valence-electron chi connectivity index (χ0n) is 18.0. The molecule has 0 bridgehead atoms. The Labute approximate surface area is 184 Å². The fraction of sp³-hybridized carbons (Fsp3) is 0.227. The number of nitrogens with zero attached hydrogens (tertiary/aromatic N) is 3. The number of H-pyrrole nitrogens is 1. The van der Waals surface area contributed by atoms with E-state index in [0.717, 1.165) is 6.26 Å². The van der Waals surface area contributed by atoms with Crippen LogP contribution in [-0.2, 0) is 9.84 Å². The first kappa shape index (κ1) is 21.7. The molecule has 4 aromatic rings. The Hall–Kier alpha value is -3.53. The summed E-state index contributed by atoms with van der Waals surface area (Å²) in [5.74, 6) is -0.112. The summed E-state index contributed by atoms with van der Waals surface area (Å²) in [7, 11) is -2.49. The van der Waals surface area contributed by atoms with Gasteiger partial charge in [-0.1, -0.05) is 30.3 Å². The van der Waals surface area contributed by atoms with Gasteiger partial charge in [0.25, 0.3) is 0 Å². The molecule has 0 spiro atoms. The molecule has 166 valence electrons. The number of benzene rings is 2. The van der Waals surface area contributed by atoms with Crippen molar-refractivity contribution in [2.24, 2.45) is 0 Å². The van der Waals surface area contributed by atoms with Gasteiger partial charge in [-0.2, -0.15) is 0 Å². The molecule has 10 heteroatoms. The zero-order valence-corrected chi connectivity index (χ0v) is 18.8. The molecule has 1 atom stereocenters. The average molecular weight is 456 g/mol. The number of methoxy groups -OCH3 is 1. The van der Waals surface area contributed by atoms with Crippen LogP contribution in [0.5, 0.6) is 5.75 Å². The van der Waals surface area contributed by atoms with Crippen LogP contribution in [-0.4, -0.2) is 41.7 Å². The number of aromatic nitrogens is 4. The summed E-state index contributed by atoms with van der Waals surface area (Å²) in [5.41, 5.74) is 2.59. The highest BCUT2D eigenvalue weighted by Gasteiger charge is 2.32. The molecule has 0 amide bonds. The van der Waals surface area contributed by atoms with Crippen LogP contribution >= 0.6 is 0 Å². The Morgan fingerprint density at radius 3 is 2.53 bits per heavy atom. The van der Waals surface area contributed by atoms with E-state index in [1.54, 1.807) is 13.8 Å². The minimum absolute atomic E-state index is 0.184. The maximum Gasteiger partial charge on any atom is 0.182 e. The third-order valence-corrected chi connectivity index (χ3v) is 6.41. The third kappa shape index (κ3) is 3.66. The summed E-state index contributed by atoms with van der Waals surface area (Å²) in [6.07, 6.45) is 3.81. The number of ether oxygens (including phenoxy) is 1. The molecular formula is C22H22FN5O3S. The van der Waals surface area contributed by atoms with Crippen molar-refractivity contribution < 1.29 is 17.5 Å². The first-order valence-electron chi connectivity index (χ1n) is 9.80. The lowest BCUT2D eigenvalue weighted by atomic mass is 9.93. The molecule has 0 aliphatic carbocycles. The summed E-state index contributed by atoms with van der Waals surface area (Å²) < 4.78 is 46.7. The van der Waals surface area contributed by atoms with Gasteiger partial charge in [0.1, 0.15) is 28.3 Å². The predicted molar refractivity (Wildman–Crippen MR) is 120 cm³/mol. The monoisotopic (exact) mass is 455 g/mol. The molecule has 0 fully saturated rings. The standard InChI is InChI=1S/C22H22FN5O3S/c1-12-15(14-8-6-5-7-9-14)19(31-3)16(20(17(12)23)32(4,29)30)13(2)28-22-18-21(25-10-24-18)26-11-27-22/h5-11,13H,1-4H3,(H2,24,25,26,27,28). The molecular weight excluding hydrogens is 433 g/mol. The van der Waals surface area contributed by atoms with Crippen molar-refractivity contribution in [3.8, 4) is 16.9 Å². The summed E-state index contributed by atoms with van der Waals surface area (Å²) in [6.45, 7) is 3.27. The topological polar surface area (TPSA) is 110 Å². The van der Waals surface area contributed by atoms with E-state index in [-0.39, 0.29) is 16.9 Å². The number of sulfone groups is 1. The molecule has 2 aromatic heterocycles. The fourth-order valence-corrected chi connectivity index (χ4v) is 5.03. The molecule has 0 saturated heterocycles. The lowest BCUT2D eigenvalue weighted by Gasteiger charge is -2.25. The van der Waals surface area contributed by atoms with Gasteiger partial charge in [-0.25, -0.2) is 27.8 Å². The van der Waals surface area contributed by atoms with Gasteiger partial charge in [-0.3, -0.25) is 0 Å². The molecule has 0 aliphatic heterocycles. The van der Waals surface area contributed by atoms with Crippen molar-refractivity contribution in [3.63, 3.8) is 0 Å². The summed E-state index contributed by atoms with van der Waals surface area (Å²) >= 11 is 0. The predicted octanol–water partition coefficient (Wildman–Crippen LogP) is 4.05. The van der Waals surface area contributed by atoms with Gasteiger partial charge in [0.15, 0.2) is 21.3 Å². The lowest BCUT2D eigenvalue weighted by Crippen LogP contribution is -2.17. The Kier molecular flexibility index (Phi) is 5.55. The number of fused-ring (bicyclic) bond motifs is 1. The SMILES string of the molecule is COc1c(-c2ccccc2)c(C)c(F)c(S(C)(=O)=O)c1C(C)Nc1ncnc2nc[nH]c12. The average Bonchev–Trinajstić information content (AvgIpc) is 3.24. The maximum absolute atomic E-state index is 15.6. The number of hydrogen-bond acceptors (Lipinski definition) is 7. The highest BCUT2D eigenvalue weighted by Crippen LogP contribution is 2.45. The number of rotatable bonds is 6. The van der Waals surface area contributed by atoms with Gasteiger partial charge in [0.05, 0.1) is 19.5 Å². The molecule has 2 aromatic carbocycles. The van der Waals surface area contributed by atoms with E-state index in [9.17, 15) is 8.42 Å². The summed E-state index contributed by atoms with van der Waals surface area (Å²) in [6, 6.07) is 8.47. The van der Waals surface area contributed by atoms with Gasteiger partial charge in [-0.05, 0) is 25.0 Å². The Morgan fingerprint density at radius 1 is 1.16 bits per heavy atom. The zero-order chi connectivity index (χ0) is 23.0. The lowest BCUT2D eigenvalue weighted by molar-refractivity contribution is 0.403. The second kappa shape index (κ2) is 8.19. The van der Waals surface area contributed by atoms with E-state index < -0.39 is 26.6 Å². The van der Waals surface area contributed by atoms with Gasteiger partial charge in [0, 0.05) is 17.4 Å². The molecule has 8 nitrogen and oxygen atoms in total.